The van der Waals surface area contributed by atoms with Crippen molar-refractivity contribution in [3.63, 3.8) is 0 Å². The summed E-state index contributed by atoms with van der Waals surface area (Å²) in [5.74, 6) is 1.44. The summed E-state index contributed by atoms with van der Waals surface area (Å²) in [6.07, 6.45) is 2.76. The Morgan fingerprint density at radius 3 is 2.76 bits per heavy atom. The summed E-state index contributed by atoms with van der Waals surface area (Å²) in [6.45, 7) is 1.96. The van der Waals surface area contributed by atoms with E-state index in [4.69, 9.17) is 14.6 Å². The van der Waals surface area contributed by atoms with Crippen molar-refractivity contribution in [1.82, 2.24) is 14.6 Å². The number of aliphatic hydroxyl groups is 1. The predicted molar refractivity (Wildman–Crippen MR) is 109 cm³/mol. The number of aliphatic hydroxyl groups excluding tert-OH is 1. The lowest BCUT2D eigenvalue weighted by molar-refractivity contribution is 0.156. The molecule has 0 bridgehead atoms. The van der Waals surface area contributed by atoms with Crippen molar-refractivity contribution in [2.24, 2.45) is 0 Å². The monoisotopic (exact) mass is 389 g/mol. The lowest BCUT2D eigenvalue weighted by Gasteiger charge is -2.10. The van der Waals surface area contributed by atoms with Crippen LogP contribution in [0.2, 0.25) is 0 Å². The molecule has 8 heteroatoms. The molecule has 0 aliphatic carbocycles. The van der Waals surface area contributed by atoms with E-state index in [1.807, 2.05) is 61.7 Å². The van der Waals surface area contributed by atoms with Gasteiger partial charge in [-0.25, -0.2) is 14.3 Å². The Labute approximate surface area is 166 Å². The van der Waals surface area contributed by atoms with Crippen molar-refractivity contribution in [2.75, 3.05) is 17.5 Å². The minimum atomic E-state index is -0.881. The maximum absolute atomic E-state index is 9.51. The van der Waals surface area contributed by atoms with E-state index in [0.29, 0.717) is 5.82 Å². The topological polar surface area (TPSA) is 87.2 Å². The van der Waals surface area contributed by atoms with Crippen molar-refractivity contribution in [3.05, 3.63) is 66.5 Å². The number of fused-ring (bicyclic) bond motifs is 1. The number of benzene rings is 2. The average Bonchev–Trinajstić information content (AvgIpc) is 3.32. The van der Waals surface area contributed by atoms with Gasteiger partial charge in [-0.3, -0.25) is 0 Å². The standard InChI is InChI=1S/C21H19N5O3/c1-13-7-8-14(11-17(13)26-21(27)29-26)23-19-9-10-25-20(24-19)16(12-22-25)15-5-3-4-6-18(15)28-2/h3-12,21,27H,1-2H3,(H,23,24)/t21-,26?/m0/s1. The fraction of sp³-hybridized carbons (Fsp3) is 0.143. The molecule has 1 fully saturated rings. The molecule has 1 atom stereocenters. The summed E-state index contributed by atoms with van der Waals surface area (Å²) in [5.41, 5.74) is 5.18. The van der Waals surface area contributed by atoms with Crippen molar-refractivity contribution < 1.29 is 14.7 Å². The van der Waals surface area contributed by atoms with Gasteiger partial charge in [-0.2, -0.15) is 10.2 Å². The van der Waals surface area contributed by atoms with Crippen LogP contribution in [0, 0.1) is 6.92 Å². The maximum Gasteiger partial charge on any atom is 0.284 e. The summed E-state index contributed by atoms with van der Waals surface area (Å²) in [5, 5.41) is 18.7. The van der Waals surface area contributed by atoms with E-state index in [1.165, 1.54) is 5.06 Å². The molecule has 0 spiro atoms. The first-order valence-corrected chi connectivity index (χ1v) is 9.13. The number of aromatic nitrogens is 3. The number of anilines is 3. The number of methoxy groups -OCH3 is 1. The molecule has 0 saturated carbocycles. The van der Waals surface area contributed by atoms with Gasteiger partial charge in [0.25, 0.3) is 6.41 Å². The molecule has 0 radical (unpaired) electrons. The number of para-hydroxylation sites is 1. The van der Waals surface area contributed by atoms with Crippen LogP contribution >= 0.6 is 0 Å². The molecule has 5 rings (SSSR count). The van der Waals surface area contributed by atoms with Crippen molar-refractivity contribution >= 4 is 22.8 Å². The Morgan fingerprint density at radius 1 is 1.14 bits per heavy atom. The van der Waals surface area contributed by atoms with E-state index in [1.54, 1.807) is 17.8 Å². The second kappa shape index (κ2) is 6.77. The number of rotatable bonds is 5. The third-order valence-corrected chi connectivity index (χ3v) is 4.85. The van der Waals surface area contributed by atoms with Crippen LogP contribution in [0.25, 0.3) is 16.8 Å². The van der Waals surface area contributed by atoms with Crippen LogP contribution in [0.1, 0.15) is 5.56 Å². The number of hydrogen-bond acceptors (Lipinski definition) is 7. The molecule has 4 aromatic rings. The maximum atomic E-state index is 9.51. The summed E-state index contributed by atoms with van der Waals surface area (Å²) < 4.78 is 7.22. The number of aryl methyl sites for hydroxylation is 1. The fourth-order valence-electron chi connectivity index (χ4n) is 3.32. The van der Waals surface area contributed by atoms with Crippen LogP contribution in [0.4, 0.5) is 17.2 Å². The van der Waals surface area contributed by atoms with E-state index < -0.39 is 6.41 Å². The fourth-order valence-corrected chi connectivity index (χ4v) is 3.32. The van der Waals surface area contributed by atoms with Crippen LogP contribution in [0.3, 0.4) is 0 Å². The number of nitrogens with one attached hydrogen (secondary N) is 1. The SMILES string of the molecule is COc1ccccc1-c1cnn2ccc(Nc3ccc(C)c(N4O[C@@H]4O)c3)nc12. The molecule has 2 aromatic heterocycles. The van der Waals surface area contributed by atoms with Gasteiger partial charge in [0.15, 0.2) is 5.65 Å². The van der Waals surface area contributed by atoms with E-state index in [9.17, 15) is 5.11 Å². The van der Waals surface area contributed by atoms with Crippen molar-refractivity contribution in [3.8, 4) is 16.9 Å². The molecule has 2 aromatic carbocycles. The summed E-state index contributed by atoms with van der Waals surface area (Å²) >= 11 is 0. The molecule has 0 unspecified atom stereocenters. The summed E-state index contributed by atoms with van der Waals surface area (Å²) in [7, 11) is 1.65. The normalized spacial score (nSPS) is 15.6. The second-order valence-corrected chi connectivity index (χ2v) is 6.72. The Hall–Kier alpha value is -3.62. The van der Waals surface area contributed by atoms with Gasteiger partial charge in [0.1, 0.15) is 11.6 Å². The van der Waals surface area contributed by atoms with Crippen molar-refractivity contribution in [1.29, 1.82) is 0 Å². The second-order valence-electron chi connectivity index (χ2n) is 6.72. The largest absolute Gasteiger partial charge is 0.496 e. The zero-order valence-corrected chi connectivity index (χ0v) is 15.9. The van der Waals surface area contributed by atoms with Gasteiger partial charge in [-0.15, -0.1) is 0 Å². The van der Waals surface area contributed by atoms with E-state index in [0.717, 1.165) is 39.5 Å². The quantitative estimate of drug-likeness (QED) is 0.505. The molecule has 3 heterocycles. The number of nitrogens with zero attached hydrogens (tertiary/aromatic N) is 4. The highest BCUT2D eigenvalue weighted by molar-refractivity contribution is 5.82. The molecule has 0 amide bonds. The highest BCUT2D eigenvalue weighted by Gasteiger charge is 2.35. The zero-order chi connectivity index (χ0) is 20.0. The molecule has 29 heavy (non-hydrogen) atoms. The number of ether oxygens (including phenoxy) is 1. The smallest absolute Gasteiger partial charge is 0.284 e. The van der Waals surface area contributed by atoms with Gasteiger partial charge in [0, 0.05) is 17.4 Å². The van der Waals surface area contributed by atoms with Crippen LogP contribution in [0.5, 0.6) is 5.75 Å². The molecule has 1 saturated heterocycles. The van der Waals surface area contributed by atoms with Crippen molar-refractivity contribution in [2.45, 2.75) is 13.3 Å². The number of hydroxylamine groups is 1. The molecule has 146 valence electrons. The highest BCUT2D eigenvalue weighted by Crippen LogP contribution is 2.35. The third kappa shape index (κ3) is 3.14. The Morgan fingerprint density at radius 2 is 1.97 bits per heavy atom. The first-order chi connectivity index (χ1) is 14.1. The first-order valence-electron chi connectivity index (χ1n) is 9.13. The average molecular weight is 389 g/mol. The summed E-state index contributed by atoms with van der Waals surface area (Å²) in [4.78, 5) is 9.79. The van der Waals surface area contributed by atoms with Crippen LogP contribution in [-0.4, -0.2) is 33.2 Å². The van der Waals surface area contributed by atoms with Gasteiger partial charge in [-0.05, 0) is 36.8 Å². The lowest BCUT2D eigenvalue weighted by Crippen LogP contribution is -2.02. The highest BCUT2D eigenvalue weighted by atomic mass is 16.9. The van der Waals surface area contributed by atoms with Gasteiger partial charge < -0.3 is 15.2 Å². The van der Waals surface area contributed by atoms with Gasteiger partial charge in [0.2, 0.25) is 0 Å². The Bertz CT molecular complexity index is 1210. The minimum absolute atomic E-state index is 0.677. The minimum Gasteiger partial charge on any atom is -0.496 e. The first kappa shape index (κ1) is 17.5. The number of hydrogen-bond donors (Lipinski definition) is 2. The molecule has 1 aliphatic rings. The van der Waals surface area contributed by atoms with Gasteiger partial charge in [0.05, 0.1) is 24.6 Å². The Balaban J connectivity index is 1.51. The van der Waals surface area contributed by atoms with Gasteiger partial charge in [-0.1, -0.05) is 24.3 Å². The van der Waals surface area contributed by atoms with Crippen LogP contribution < -0.4 is 15.1 Å². The van der Waals surface area contributed by atoms with E-state index in [-0.39, 0.29) is 0 Å². The lowest BCUT2D eigenvalue weighted by atomic mass is 10.1. The zero-order valence-electron chi connectivity index (χ0n) is 15.9. The third-order valence-electron chi connectivity index (χ3n) is 4.85. The molecule has 8 nitrogen and oxygen atoms in total. The molecule has 1 aliphatic heterocycles. The van der Waals surface area contributed by atoms with E-state index >= 15 is 0 Å². The predicted octanol–water partition coefficient (Wildman–Crippen LogP) is 3.48. The van der Waals surface area contributed by atoms with E-state index in [2.05, 4.69) is 10.4 Å². The van der Waals surface area contributed by atoms with Crippen LogP contribution in [-0.2, 0) is 4.84 Å². The Kier molecular flexibility index (Phi) is 4.08. The molecule has 2 N–H and O–H groups in total. The molecular formula is C21H19N5O3. The van der Waals surface area contributed by atoms with Gasteiger partial charge >= 0.3 is 0 Å². The molecular weight excluding hydrogens is 370 g/mol. The van der Waals surface area contributed by atoms with Crippen LogP contribution in [0.15, 0.2) is 60.9 Å². The summed E-state index contributed by atoms with van der Waals surface area (Å²) in [6, 6.07) is 15.5.